The number of carbonyl (C=O) groups excluding carboxylic acids is 1. The molecule has 0 radical (unpaired) electrons. The lowest BCUT2D eigenvalue weighted by Crippen LogP contribution is -2.12. The molecule has 2 aromatic carbocycles. The third-order valence-electron chi connectivity index (χ3n) is 3.23. The summed E-state index contributed by atoms with van der Waals surface area (Å²) in [6.45, 7) is 0. The predicted octanol–water partition coefficient (Wildman–Crippen LogP) is 3.15. The fourth-order valence-electron chi connectivity index (χ4n) is 2.05. The number of nitrogens with one attached hydrogen (secondary N) is 1. The summed E-state index contributed by atoms with van der Waals surface area (Å²) in [6, 6.07) is 12.8. The highest BCUT2D eigenvalue weighted by Gasteiger charge is 2.08. The number of aromatic nitrogens is 1. The van der Waals surface area contributed by atoms with Gasteiger partial charge in [0.25, 0.3) is 5.91 Å². The summed E-state index contributed by atoms with van der Waals surface area (Å²) in [5.74, 6) is -0.169. The molecule has 1 aromatic heterocycles. The Balaban J connectivity index is 1.78. The lowest BCUT2D eigenvalue weighted by atomic mass is 10.2. The number of carbonyl (C=O) groups is 1. The SMILES string of the molecule is CN(C)c1ccc(NC(=O)c2ccc3ocnc3c2)cc1. The van der Waals surface area contributed by atoms with Gasteiger partial charge >= 0.3 is 0 Å². The minimum atomic E-state index is -0.169. The first-order chi connectivity index (χ1) is 10.1. The molecule has 3 aromatic rings. The van der Waals surface area contributed by atoms with E-state index in [9.17, 15) is 4.79 Å². The molecule has 0 aliphatic heterocycles. The van der Waals surface area contributed by atoms with Gasteiger partial charge in [-0.25, -0.2) is 4.98 Å². The molecule has 21 heavy (non-hydrogen) atoms. The van der Waals surface area contributed by atoms with Gasteiger partial charge in [-0.2, -0.15) is 0 Å². The molecule has 106 valence electrons. The summed E-state index contributed by atoms with van der Waals surface area (Å²) in [5.41, 5.74) is 3.73. The second kappa shape index (κ2) is 5.28. The Morgan fingerprint density at radius 2 is 1.90 bits per heavy atom. The molecule has 1 heterocycles. The Labute approximate surface area is 122 Å². The zero-order valence-corrected chi connectivity index (χ0v) is 11.8. The van der Waals surface area contributed by atoms with Crippen molar-refractivity contribution in [2.45, 2.75) is 0 Å². The normalized spacial score (nSPS) is 10.6. The molecule has 1 amide bonds. The van der Waals surface area contributed by atoms with Gasteiger partial charge in [0, 0.05) is 31.0 Å². The van der Waals surface area contributed by atoms with E-state index in [1.165, 1.54) is 6.39 Å². The molecule has 5 heteroatoms. The number of fused-ring (bicyclic) bond motifs is 1. The highest BCUT2D eigenvalue weighted by molar-refractivity contribution is 6.05. The monoisotopic (exact) mass is 281 g/mol. The van der Waals surface area contributed by atoms with Gasteiger partial charge in [0.1, 0.15) is 5.52 Å². The molecule has 0 saturated heterocycles. The Bertz CT molecular complexity index is 776. The van der Waals surface area contributed by atoms with E-state index in [1.54, 1.807) is 18.2 Å². The van der Waals surface area contributed by atoms with Crippen molar-refractivity contribution in [3.63, 3.8) is 0 Å². The number of oxazole rings is 1. The summed E-state index contributed by atoms with van der Waals surface area (Å²) >= 11 is 0. The number of amides is 1. The first kappa shape index (κ1) is 13.2. The Hall–Kier alpha value is -2.82. The Morgan fingerprint density at radius 1 is 1.14 bits per heavy atom. The smallest absolute Gasteiger partial charge is 0.255 e. The average molecular weight is 281 g/mol. The molecule has 1 N–H and O–H groups in total. The molecular weight excluding hydrogens is 266 g/mol. The summed E-state index contributed by atoms with van der Waals surface area (Å²) in [7, 11) is 3.95. The number of anilines is 2. The van der Waals surface area contributed by atoms with Gasteiger partial charge in [-0.1, -0.05) is 0 Å². The summed E-state index contributed by atoms with van der Waals surface area (Å²) in [5, 5.41) is 2.87. The van der Waals surface area contributed by atoms with Crippen molar-refractivity contribution in [1.82, 2.24) is 4.98 Å². The molecule has 0 saturated carbocycles. The van der Waals surface area contributed by atoms with Gasteiger partial charge in [-0.15, -0.1) is 0 Å². The van der Waals surface area contributed by atoms with Crippen LogP contribution in [0.25, 0.3) is 11.1 Å². The first-order valence-electron chi connectivity index (χ1n) is 6.55. The Kier molecular flexibility index (Phi) is 3.31. The first-order valence-corrected chi connectivity index (χ1v) is 6.55. The van der Waals surface area contributed by atoms with E-state index in [1.807, 2.05) is 43.3 Å². The summed E-state index contributed by atoms with van der Waals surface area (Å²) in [6.07, 6.45) is 1.37. The standard InChI is InChI=1S/C16H15N3O2/c1-19(2)13-6-4-12(5-7-13)18-16(20)11-3-8-15-14(9-11)17-10-21-15/h3-10H,1-2H3,(H,18,20). The van der Waals surface area contributed by atoms with E-state index < -0.39 is 0 Å². The molecule has 0 fully saturated rings. The molecule has 0 bridgehead atoms. The second-order valence-corrected chi connectivity index (χ2v) is 4.93. The highest BCUT2D eigenvalue weighted by Crippen LogP contribution is 2.18. The minimum Gasteiger partial charge on any atom is -0.443 e. The fraction of sp³-hybridized carbons (Fsp3) is 0.125. The van der Waals surface area contributed by atoms with Crippen molar-refractivity contribution in [2.75, 3.05) is 24.3 Å². The van der Waals surface area contributed by atoms with Gasteiger partial charge in [-0.05, 0) is 42.5 Å². The van der Waals surface area contributed by atoms with Crippen LogP contribution in [-0.4, -0.2) is 25.0 Å². The van der Waals surface area contributed by atoms with Gasteiger partial charge in [-0.3, -0.25) is 4.79 Å². The van der Waals surface area contributed by atoms with E-state index >= 15 is 0 Å². The van der Waals surface area contributed by atoms with Crippen LogP contribution in [-0.2, 0) is 0 Å². The zero-order chi connectivity index (χ0) is 14.8. The van der Waals surface area contributed by atoms with E-state index in [-0.39, 0.29) is 5.91 Å². The van der Waals surface area contributed by atoms with E-state index in [0.717, 1.165) is 11.4 Å². The van der Waals surface area contributed by atoms with E-state index in [2.05, 4.69) is 10.3 Å². The number of hydrogen-bond donors (Lipinski definition) is 1. The van der Waals surface area contributed by atoms with Crippen LogP contribution in [0, 0.1) is 0 Å². The van der Waals surface area contributed by atoms with Crippen LogP contribution in [0.2, 0.25) is 0 Å². The Morgan fingerprint density at radius 3 is 2.62 bits per heavy atom. The fourth-order valence-corrected chi connectivity index (χ4v) is 2.05. The van der Waals surface area contributed by atoms with Crippen molar-refractivity contribution in [3.05, 3.63) is 54.4 Å². The largest absolute Gasteiger partial charge is 0.443 e. The number of nitrogens with zero attached hydrogens (tertiary/aromatic N) is 2. The topological polar surface area (TPSA) is 58.4 Å². The van der Waals surface area contributed by atoms with Crippen molar-refractivity contribution in [1.29, 1.82) is 0 Å². The van der Waals surface area contributed by atoms with Crippen molar-refractivity contribution >= 4 is 28.4 Å². The van der Waals surface area contributed by atoms with Crippen LogP contribution in [0.15, 0.2) is 53.3 Å². The molecule has 0 unspecified atom stereocenters. The van der Waals surface area contributed by atoms with Crippen molar-refractivity contribution in [3.8, 4) is 0 Å². The van der Waals surface area contributed by atoms with Crippen LogP contribution in [0.3, 0.4) is 0 Å². The molecule has 0 aliphatic carbocycles. The van der Waals surface area contributed by atoms with Crippen LogP contribution in [0.4, 0.5) is 11.4 Å². The maximum Gasteiger partial charge on any atom is 0.255 e. The summed E-state index contributed by atoms with van der Waals surface area (Å²) < 4.78 is 5.16. The molecular formula is C16H15N3O2. The van der Waals surface area contributed by atoms with Gasteiger partial charge < -0.3 is 14.6 Å². The number of rotatable bonds is 3. The lowest BCUT2D eigenvalue weighted by Gasteiger charge is -2.13. The molecule has 3 rings (SSSR count). The molecule has 5 nitrogen and oxygen atoms in total. The zero-order valence-electron chi connectivity index (χ0n) is 11.8. The van der Waals surface area contributed by atoms with Crippen LogP contribution < -0.4 is 10.2 Å². The second-order valence-electron chi connectivity index (χ2n) is 4.93. The van der Waals surface area contributed by atoms with Gasteiger partial charge in [0.15, 0.2) is 12.0 Å². The molecule has 0 aliphatic rings. The van der Waals surface area contributed by atoms with Crippen LogP contribution in [0.1, 0.15) is 10.4 Å². The van der Waals surface area contributed by atoms with Crippen LogP contribution >= 0.6 is 0 Å². The van der Waals surface area contributed by atoms with Gasteiger partial charge in [0.05, 0.1) is 0 Å². The van der Waals surface area contributed by atoms with Gasteiger partial charge in [0.2, 0.25) is 0 Å². The van der Waals surface area contributed by atoms with Crippen molar-refractivity contribution in [2.24, 2.45) is 0 Å². The predicted molar refractivity (Wildman–Crippen MR) is 82.7 cm³/mol. The van der Waals surface area contributed by atoms with E-state index in [4.69, 9.17) is 4.42 Å². The van der Waals surface area contributed by atoms with Crippen molar-refractivity contribution < 1.29 is 9.21 Å². The quantitative estimate of drug-likeness (QED) is 0.801. The highest BCUT2D eigenvalue weighted by atomic mass is 16.3. The minimum absolute atomic E-state index is 0.169. The lowest BCUT2D eigenvalue weighted by molar-refractivity contribution is 0.102. The maximum atomic E-state index is 12.2. The molecule has 0 atom stereocenters. The summed E-state index contributed by atoms with van der Waals surface area (Å²) in [4.78, 5) is 18.3. The maximum absolute atomic E-state index is 12.2. The average Bonchev–Trinajstić information content (AvgIpc) is 2.95. The molecule has 0 spiro atoms. The number of benzene rings is 2. The third-order valence-corrected chi connectivity index (χ3v) is 3.23. The van der Waals surface area contributed by atoms with Crippen LogP contribution in [0.5, 0.6) is 0 Å². The number of hydrogen-bond acceptors (Lipinski definition) is 4. The van der Waals surface area contributed by atoms with E-state index in [0.29, 0.717) is 16.7 Å². The third kappa shape index (κ3) is 2.72.